The fraction of sp³-hybridized carbons (Fsp3) is 0.824. The average Bonchev–Trinajstić information content (AvgIpc) is 2.97. The highest BCUT2D eigenvalue weighted by Crippen LogP contribution is 2.35. The van der Waals surface area contributed by atoms with E-state index in [2.05, 4.69) is 42.7 Å². The van der Waals surface area contributed by atoms with Crippen molar-refractivity contribution in [1.29, 1.82) is 0 Å². The van der Waals surface area contributed by atoms with Crippen LogP contribution in [0.15, 0.2) is 24.3 Å². The smallest absolute Gasteiger partial charge is 0.462 e. The lowest BCUT2D eigenvalue weighted by atomic mass is 10.1. The summed E-state index contributed by atoms with van der Waals surface area (Å²) in [7, 11) is -4.74. The van der Waals surface area contributed by atoms with Crippen LogP contribution in [-0.4, -0.2) is 41.0 Å². The van der Waals surface area contributed by atoms with Crippen molar-refractivity contribution >= 4 is 19.8 Å². The van der Waals surface area contributed by atoms with Gasteiger partial charge in [0.15, 0.2) is 6.10 Å². The topological polar surface area (TPSA) is 119 Å². The summed E-state index contributed by atoms with van der Waals surface area (Å²) >= 11 is 0. The van der Waals surface area contributed by atoms with E-state index >= 15 is 0 Å². The van der Waals surface area contributed by atoms with Crippen LogP contribution in [0.1, 0.15) is 162 Å². The van der Waals surface area contributed by atoms with Crippen molar-refractivity contribution < 1.29 is 37.9 Å². The Balaban J connectivity index is 4.04. The van der Waals surface area contributed by atoms with Crippen LogP contribution in [0.25, 0.3) is 0 Å². The molecule has 0 saturated carbocycles. The first-order valence-electron chi connectivity index (χ1n) is 17.1. The number of esters is 2. The Bertz CT molecular complexity index is 761. The van der Waals surface area contributed by atoms with E-state index in [1.165, 1.54) is 57.8 Å². The largest absolute Gasteiger partial charge is 0.469 e. The van der Waals surface area contributed by atoms with Crippen LogP contribution >= 0.6 is 7.82 Å². The van der Waals surface area contributed by atoms with Crippen molar-refractivity contribution in [2.24, 2.45) is 0 Å². The molecule has 0 bridgehead atoms. The molecular weight excluding hydrogens is 567 g/mol. The Hall–Kier alpha value is -1.47. The molecular formula is C34H63O8P. The fourth-order valence-electron chi connectivity index (χ4n) is 4.60. The molecule has 0 unspecified atom stereocenters. The molecule has 252 valence electrons. The first-order chi connectivity index (χ1) is 20.8. The number of hydrogen-bond donors (Lipinski definition) is 2. The standard InChI is InChI=1S/C34H63O8P/c1-3-5-7-9-11-13-15-17-19-21-23-25-27-29-34(36)42-32(31-41-43(37,38)39)30-40-33(35)28-26-24-22-20-18-16-14-12-10-8-6-4-2/h12-15,32H,3-11,16-31H2,1-2H3,(H2,37,38,39)/b14-12+,15-13+/t32-/m1/s1. The maximum Gasteiger partial charge on any atom is 0.469 e. The van der Waals surface area contributed by atoms with Gasteiger partial charge in [0.2, 0.25) is 0 Å². The Kier molecular flexibility index (Phi) is 29.5. The van der Waals surface area contributed by atoms with E-state index in [1.54, 1.807) is 0 Å². The summed E-state index contributed by atoms with van der Waals surface area (Å²) in [6.07, 6.45) is 31.8. The number of rotatable bonds is 31. The molecule has 0 rings (SSSR count). The molecule has 0 fully saturated rings. The molecule has 0 spiro atoms. The zero-order valence-electron chi connectivity index (χ0n) is 27.4. The van der Waals surface area contributed by atoms with Gasteiger partial charge in [-0.05, 0) is 64.2 Å². The lowest BCUT2D eigenvalue weighted by Gasteiger charge is -2.18. The molecule has 8 nitrogen and oxygen atoms in total. The molecule has 0 amide bonds. The molecule has 0 saturated heterocycles. The van der Waals surface area contributed by atoms with Crippen molar-refractivity contribution in [2.45, 2.75) is 168 Å². The van der Waals surface area contributed by atoms with Gasteiger partial charge in [0.1, 0.15) is 6.61 Å². The second kappa shape index (κ2) is 30.6. The lowest BCUT2D eigenvalue weighted by molar-refractivity contribution is -0.161. The second-order valence-electron chi connectivity index (χ2n) is 11.5. The highest BCUT2D eigenvalue weighted by atomic mass is 31.2. The van der Waals surface area contributed by atoms with E-state index in [4.69, 9.17) is 19.3 Å². The third-order valence-corrected chi connectivity index (χ3v) is 7.68. The molecule has 43 heavy (non-hydrogen) atoms. The summed E-state index contributed by atoms with van der Waals surface area (Å²) in [4.78, 5) is 42.5. The highest BCUT2D eigenvalue weighted by molar-refractivity contribution is 7.46. The van der Waals surface area contributed by atoms with E-state index in [0.29, 0.717) is 12.8 Å². The number of phosphoric ester groups is 1. The predicted octanol–water partition coefficient (Wildman–Crippen LogP) is 9.68. The van der Waals surface area contributed by atoms with Crippen molar-refractivity contribution in [2.75, 3.05) is 13.2 Å². The van der Waals surface area contributed by atoms with Gasteiger partial charge in [-0.15, -0.1) is 0 Å². The van der Waals surface area contributed by atoms with Gasteiger partial charge < -0.3 is 19.3 Å². The molecule has 0 heterocycles. The molecule has 9 heteroatoms. The Labute approximate surface area is 262 Å². The van der Waals surface area contributed by atoms with Crippen LogP contribution in [0.3, 0.4) is 0 Å². The van der Waals surface area contributed by atoms with Crippen molar-refractivity contribution in [3.63, 3.8) is 0 Å². The number of carbonyl (C=O) groups is 2. The van der Waals surface area contributed by atoms with Gasteiger partial charge in [-0.1, -0.05) is 109 Å². The molecule has 0 radical (unpaired) electrons. The molecule has 0 aliphatic carbocycles. The highest BCUT2D eigenvalue weighted by Gasteiger charge is 2.22. The number of ether oxygens (including phenoxy) is 2. The average molecular weight is 631 g/mol. The molecule has 0 aromatic rings. The number of unbranched alkanes of at least 4 members (excludes halogenated alkanes) is 17. The van der Waals surface area contributed by atoms with Gasteiger partial charge in [-0.3, -0.25) is 14.1 Å². The van der Waals surface area contributed by atoms with Gasteiger partial charge in [0.25, 0.3) is 0 Å². The molecule has 0 aliphatic rings. The van der Waals surface area contributed by atoms with E-state index in [1.807, 2.05) is 0 Å². The van der Waals surface area contributed by atoms with Crippen molar-refractivity contribution in [3.05, 3.63) is 24.3 Å². The molecule has 1 atom stereocenters. The van der Waals surface area contributed by atoms with Gasteiger partial charge in [-0.2, -0.15) is 0 Å². The second-order valence-corrected chi connectivity index (χ2v) is 12.7. The van der Waals surface area contributed by atoms with Gasteiger partial charge in [0.05, 0.1) is 6.61 Å². The van der Waals surface area contributed by atoms with Crippen LogP contribution in [0.5, 0.6) is 0 Å². The zero-order valence-corrected chi connectivity index (χ0v) is 28.2. The Morgan fingerprint density at radius 1 is 0.581 bits per heavy atom. The van der Waals surface area contributed by atoms with Gasteiger partial charge >= 0.3 is 19.8 Å². The molecule has 0 aromatic carbocycles. The molecule has 0 aromatic heterocycles. The summed E-state index contributed by atoms with van der Waals surface area (Å²) in [5.41, 5.74) is 0. The maximum absolute atomic E-state index is 12.3. The summed E-state index contributed by atoms with van der Waals surface area (Å²) in [5.74, 6) is -0.907. The minimum Gasteiger partial charge on any atom is -0.462 e. The van der Waals surface area contributed by atoms with Crippen LogP contribution < -0.4 is 0 Å². The quantitative estimate of drug-likeness (QED) is 0.0336. The maximum atomic E-state index is 12.3. The van der Waals surface area contributed by atoms with Gasteiger partial charge in [0, 0.05) is 12.8 Å². The van der Waals surface area contributed by atoms with E-state index < -0.39 is 32.5 Å². The van der Waals surface area contributed by atoms with E-state index in [-0.39, 0.29) is 19.4 Å². The van der Waals surface area contributed by atoms with Crippen LogP contribution in [0.2, 0.25) is 0 Å². The number of allylic oxidation sites excluding steroid dienone is 4. The molecule has 2 N–H and O–H groups in total. The van der Waals surface area contributed by atoms with E-state index in [0.717, 1.165) is 64.2 Å². The number of phosphoric acid groups is 1. The van der Waals surface area contributed by atoms with Crippen LogP contribution in [-0.2, 0) is 28.2 Å². The van der Waals surface area contributed by atoms with E-state index in [9.17, 15) is 14.2 Å². The number of carbonyl (C=O) groups excluding carboxylic acids is 2. The monoisotopic (exact) mass is 630 g/mol. The van der Waals surface area contributed by atoms with Crippen molar-refractivity contribution in [3.8, 4) is 0 Å². The summed E-state index contributed by atoms with van der Waals surface area (Å²) in [5, 5.41) is 0. The Morgan fingerprint density at radius 2 is 0.977 bits per heavy atom. The van der Waals surface area contributed by atoms with Crippen LogP contribution in [0, 0.1) is 0 Å². The third-order valence-electron chi connectivity index (χ3n) is 7.19. The van der Waals surface area contributed by atoms with Crippen molar-refractivity contribution in [1.82, 2.24) is 0 Å². The summed E-state index contributed by atoms with van der Waals surface area (Å²) in [6, 6.07) is 0. The minimum absolute atomic E-state index is 0.201. The zero-order chi connectivity index (χ0) is 31.9. The first kappa shape index (κ1) is 41.5. The minimum atomic E-state index is -4.74. The third kappa shape index (κ3) is 33.3. The van der Waals surface area contributed by atoms with Crippen LogP contribution in [0.4, 0.5) is 0 Å². The van der Waals surface area contributed by atoms with Gasteiger partial charge in [-0.25, -0.2) is 4.57 Å². The molecule has 0 aliphatic heterocycles. The first-order valence-corrected chi connectivity index (χ1v) is 18.7. The SMILES string of the molecule is CCCCC/C=C/CCCCCCCC(=O)OC[C@H](COP(=O)(O)O)OC(=O)CCCCCCC/C=C/CCCCCC. The Morgan fingerprint density at radius 3 is 1.47 bits per heavy atom. The normalized spacial score (nSPS) is 12.7. The summed E-state index contributed by atoms with van der Waals surface area (Å²) in [6.45, 7) is 3.60. The predicted molar refractivity (Wildman–Crippen MR) is 175 cm³/mol. The fourth-order valence-corrected chi connectivity index (χ4v) is 4.96. The summed E-state index contributed by atoms with van der Waals surface area (Å²) < 4.78 is 26.2. The number of hydrogen-bond acceptors (Lipinski definition) is 6. The lowest BCUT2D eigenvalue weighted by Crippen LogP contribution is -2.29.